The number of amides is 4. The zero-order valence-electron chi connectivity index (χ0n) is 38.7. The summed E-state index contributed by atoms with van der Waals surface area (Å²) in [5, 5.41) is 6.34. The highest BCUT2D eigenvalue weighted by Gasteiger charge is 2.43. The van der Waals surface area contributed by atoms with Crippen LogP contribution in [0.5, 0.6) is 5.75 Å². The molecule has 2 aromatic carbocycles. The van der Waals surface area contributed by atoms with E-state index in [4.69, 9.17) is 24.2 Å². The highest BCUT2D eigenvalue weighted by molar-refractivity contribution is 5.92. The Labute approximate surface area is 387 Å². The molecular weight excluding hydrogens is 865 g/mol. The SMILES string of the molecule is COC(=O)N[C@H](C(=O)N1CCC[C@H]1c1ncc(-c2ccc3c(c2)OC(C2CCC(F)(F)CC2)n2c-3cc3cc(-c4cnc([C@@H]5CCCN5C(=O)[C@@H](NC(=O)OC)C(C)C)[nH]4)ccc32)[nH]1)C(C)C. The third kappa shape index (κ3) is 8.82. The number of rotatable bonds is 11. The largest absolute Gasteiger partial charge is 0.469 e. The molecule has 4 amide bonds. The van der Waals surface area contributed by atoms with E-state index in [2.05, 4.69) is 37.3 Å². The Balaban J connectivity index is 1.00. The Kier molecular flexibility index (Phi) is 12.5. The van der Waals surface area contributed by atoms with E-state index in [1.165, 1.54) is 14.2 Å². The number of hydrogen-bond acceptors (Lipinski definition) is 9. The molecule has 0 bridgehead atoms. The van der Waals surface area contributed by atoms with Gasteiger partial charge in [0.2, 0.25) is 17.7 Å². The van der Waals surface area contributed by atoms with Gasteiger partial charge in [-0.05, 0) is 80.7 Å². The van der Waals surface area contributed by atoms with Crippen molar-refractivity contribution in [1.82, 2.24) is 44.9 Å². The van der Waals surface area contributed by atoms with Gasteiger partial charge in [-0.3, -0.25) is 9.59 Å². The van der Waals surface area contributed by atoms with Gasteiger partial charge in [0.25, 0.3) is 0 Å². The normalized spacial score (nSPS) is 21.2. The van der Waals surface area contributed by atoms with Gasteiger partial charge in [-0.25, -0.2) is 28.3 Å². The molecule has 3 fully saturated rings. The number of alkyl halides is 2. The summed E-state index contributed by atoms with van der Waals surface area (Å²) in [6.45, 7) is 8.60. The monoisotopic (exact) mass is 923 g/mol. The van der Waals surface area contributed by atoms with E-state index in [-0.39, 0.29) is 54.5 Å². The summed E-state index contributed by atoms with van der Waals surface area (Å²) in [5.41, 5.74) is 5.91. The number of ether oxygens (including phenoxy) is 3. The number of imidazole rings is 2. The molecule has 6 heterocycles. The summed E-state index contributed by atoms with van der Waals surface area (Å²) in [4.78, 5) is 71.8. The fourth-order valence-corrected chi connectivity index (χ4v) is 10.4. The highest BCUT2D eigenvalue weighted by atomic mass is 19.3. The lowest BCUT2D eigenvalue weighted by Gasteiger charge is -2.38. The van der Waals surface area contributed by atoms with Crippen molar-refractivity contribution in [3.63, 3.8) is 0 Å². The molecule has 0 spiro atoms. The van der Waals surface area contributed by atoms with E-state index >= 15 is 0 Å². The Morgan fingerprint density at radius 2 is 1.27 bits per heavy atom. The van der Waals surface area contributed by atoms with E-state index in [9.17, 15) is 28.0 Å². The number of halogens is 2. The van der Waals surface area contributed by atoms with Crippen LogP contribution in [0.25, 0.3) is 44.7 Å². The average Bonchev–Trinajstić information content (AvgIpc) is 4.17. The zero-order valence-corrected chi connectivity index (χ0v) is 38.7. The summed E-state index contributed by atoms with van der Waals surface area (Å²) >= 11 is 0. The molecule has 1 saturated carbocycles. The lowest BCUT2D eigenvalue weighted by atomic mass is 9.85. The molecule has 1 aliphatic carbocycles. The number of aromatic nitrogens is 5. The first-order chi connectivity index (χ1) is 32.1. The Hall–Kier alpha value is -6.46. The number of alkyl carbamates (subject to hydrolysis) is 2. The second kappa shape index (κ2) is 18.3. The van der Waals surface area contributed by atoms with Gasteiger partial charge >= 0.3 is 12.2 Å². The third-order valence-electron chi connectivity index (χ3n) is 14.1. The molecule has 1 unspecified atom stereocenters. The van der Waals surface area contributed by atoms with Gasteiger partial charge in [-0.15, -0.1) is 0 Å². The lowest BCUT2D eigenvalue weighted by Crippen LogP contribution is -2.51. The molecule has 18 heteroatoms. The number of benzene rings is 2. The molecule has 5 atom stereocenters. The highest BCUT2D eigenvalue weighted by Crippen LogP contribution is 2.50. The number of H-pyrrole nitrogens is 2. The van der Waals surface area contributed by atoms with Crippen LogP contribution in [0.15, 0.2) is 54.9 Å². The molecule has 4 N–H and O–H groups in total. The molecule has 3 aliphatic heterocycles. The van der Waals surface area contributed by atoms with E-state index in [1.54, 1.807) is 22.2 Å². The summed E-state index contributed by atoms with van der Waals surface area (Å²) in [5.74, 6) is -1.62. The maximum Gasteiger partial charge on any atom is 0.407 e. The van der Waals surface area contributed by atoms with Crippen LogP contribution < -0.4 is 15.4 Å². The number of carbonyl (C=O) groups is 4. The Morgan fingerprint density at radius 1 is 0.746 bits per heavy atom. The van der Waals surface area contributed by atoms with Crippen molar-refractivity contribution in [3.05, 3.63) is 66.5 Å². The van der Waals surface area contributed by atoms with Gasteiger partial charge in [-0.2, -0.15) is 0 Å². The van der Waals surface area contributed by atoms with Crippen LogP contribution in [-0.2, 0) is 19.1 Å². The van der Waals surface area contributed by atoms with E-state index < -0.39 is 36.4 Å². The maximum absolute atomic E-state index is 14.6. The molecule has 9 rings (SSSR count). The standard InChI is InChI=1S/C49H59F2N9O7/c1-26(2)40(56-47(63)65-5)44(61)58-19-7-9-36(58)42-52-24-33(54-42)29-12-14-35-31(21-29)22-38-32-13-11-30(23-39(32)67-46(60(35)38)28-15-17-49(50,51)18-16-28)34-25-53-43(55-34)37-10-8-20-59(37)45(62)41(27(3)4)57-48(64)66-6/h11-14,21-28,36-37,40-41,46H,7-10,15-20H2,1-6H3,(H,52,54)(H,53,55)(H,56,63)(H,57,64)/t36-,37-,40-,41-,46?/m0/s1. The predicted octanol–water partition coefficient (Wildman–Crippen LogP) is 8.89. The number of carbonyl (C=O) groups excluding carboxylic acids is 4. The van der Waals surface area contributed by atoms with Crippen molar-refractivity contribution in [1.29, 1.82) is 0 Å². The molecule has 67 heavy (non-hydrogen) atoms. The van der Waals surface area contributed by atoms with Gasteiger partial charge < -0.3 is 49.2 Å². The first-order valence-corrected chi connectivity index (χ1v) is 23.4. The summed E-state index contributed by atoms with van der Waals surface area (Å²) in [6, 6.07) is 12.2. The summed E-state index contributed by atoms with van der Waals surface area (Å²) < 4.78 is 47.8. The van der Waals surface area contributed by atoms with E-state index in [0.717, 1.165) is 63.9 Å². The number of hydrogen-bond donors (Lipinski definition) is 4. The van der Waals surface area contributed by atoms with Crippen LogP contribution in [0.1, 0.15) is 109 Å². The third-order valence-corrected chi connectivity index (χ3v) is 14.1. The van der Waals surface area contributed by atoms with Crippen molar-refractivity contribution < 1.29 is 42.2 Å². The number of nitrogens with zero attached hydrogens (tertiary/aromatic N) is 5. The average molecular weight is 924 g/mol. The maximum atomic E-state index is 14.6. The van der Waals surface area contributed by atoms with Gasteiger partial charge in [0.05, 0.1) is 61.3 Å². The molecule has 3 aromatic heterocycles. The van der Waals surface area contributed by atoms with Gasteiger partial charge in [0.1, 0.15) is 29.5 Å². The van der Waals surface area contributed by atoms with Crippen molar-refractivity contribution in [2.75, 3.05) is 27.3 Å². The first kappa shape index (κ1) is 45.7. The molecule has 2 saturated heterocycles. The Morgan fingerprint density at radius 3 is 1.79 bits per heavy atom. The number of aromatic amines is 2. The second-order valence-corrected chi connectivity index (χ2v) is 19.0. The second-order valence-electron chi connectivity index (χ2n) is 19.0. The Bertz CT molecular complexity index is 2660. The number of methoxy groups -OCH3 is 2. The molecule has 356 valence electrons. The molecular formula is C49H59F2N9O7. The minimum absolute atomic E-state index is 0.154. The fourth-order valence-electron chi connectivity index (χ4n) is 10.4. The van der Waals surface area contributed by atoms with Crippen molar-refractivity contribution in [2.24, 2.45) is 17.8 Å². The molecule has 0 radical (unpaired) electrons. The topological polar surface area (TPSA) is 189 Å². The van der Waals surface area contributed by atoms with E-state index in [1.807, 2.05) is 58.0 Å². The zero-order chi connectivity index (χ0) is 47.3. The van der Waals surface area contributed by atoms with Gasteiger partial charge in [-0.1, -0.05) is 39.8 Å². The smallest absolute Gasteiger partial charge is 0.407 e. The van der Waals surface area contributed by atoms with Gasteiger partial charge in [0, 0.05) is 53.9 Å². The van der Waals surface area contributed by atoms with Crippen LogP contribution in [0.4, 0.5) is 18.4 Å². The number of nitrogens with one attached hydrogen (secondary N) is 4. The van der Waals surface area contributed by atoms with Crippen LogP contribution in [-0.4, -0.2) is 104 Å². The summed E-state index contributed by atoms with van der Waals surface area (Å²) in [6.07, 6.45) is 4.90. The van der Waals surface area contributed by atoms with Crippen molar-refractivity contribution >= 4 is 34.9 Å². The number of fused-ring (bicyclic) bond motifs is 5. The van der Waals surface area contributed by atoms with Crippen LogP contribution in [0, 0.1) is 17.8 Å². The first-order valence-electron chi connectivity index (χ1n) is 23.4. The van der Waals surface area contributed by atoms with Crippen molar-refractivity contribution in [3.8, 4) is 39.5 Å². The molecule has 5 aromatic rings. The van der Waals surface area contributed by atoms with Gasteiger partial charge in [0.15, 0.2) is 6.23 Å². The van der Waals surface area contributed by atoms with E-state index in [0.29, 0.717) is 49.8 Å². The van der Waals surface area contributed by atoms with Crippen LogP contribution >= 0.6 is 0 Å². The lowest BCUT2D eigenvalue weighted by molar-refractivity contribution is -0.136. The quantitative estimate of drug-likeness (QED) is 0.100. The van der Waals surface area contributed by atoms with Crippen LogP contribution in [0.3, 0.4) is 0 Å². The summed E-state index contributed by atoms with van der Waals surface area (Å²) in [7, 11) is 2.55. The minimum atomic E-state index is -2.71. The fraction of sp³-hybridized carbons (Fsp3) is 0.510. The van der Waals surface area contributed by atoms with Crippen molar-refractivity contribution in [2.45, 2.75) is 115 Å². The van der Waals surface area contributed by atoms with Crippen LogP contribution in [0.2, 0.25) is 0 Å². The predicted molar refractivity (Wildman–Crippen MR) is 245 cm³/mol. The minimum Gasteiger partial charge on any atom is -0.469 e. The molecule has 16 nitrogen and oxygen atoms in total. The molecule has 4 aliphatic rings. The number of likely N-dealkylation sites (tertiary alicyclic amines) is 2.